The van der Waals surface area contributed by atoms with Crippen LogP contribution in [-0.4, -0.2) is 42.8 Å². The van der Waals surface area contributed by atoms with Crippen LogP contribution in [0.15, 0.2) is 52.4 Å². The highest BCUT2D eigenvalue weighted by Crippen LogP contribution is 2.35. The third-order valence-corrected chi connectivity index (χ3v) is 8.00. The van der Waals surface area contributed by atoms with Crippen molar-refractivity contribution >= 4 is 37.3 Å². The Morgan fingerprint density at radius 2 is 1.90 bits per heavy atom. The first-order valence-electron chi connectivity index (χ1n) is 9.09. The van der Waals surface area contributed by atoms with Gasteiger partial charge in [-0.1, -0.05) is 46.6 Å². The Labute approximate surface area is 184 Å². The van der Waals surface area contributed by atoms with Gasteiger partial charge in [0.2, 0.25) is 20.0 Å². The quantitative estimate of drug-likeness (QED) is 0.561. The number of sulfonamides is 2. The van der Waals surface area contributed by atoms with Crippen LogP contribution in [0.5, 0.6) is 0 Å². The van der Waals surface area contributed by atoms with Crippen molar-refractivity contribution in [1.29, 1.82) is 0 Å². The summed E-state index contributed by atoms with van der Waals surface area (Å²) in [6, 6.07) is 10.2. The van der Waals surface area contributed by atoms with E-state index in [2.05, 4.69) is 15.6 Å². The number of halogens is 1. The maximum Gasteiger partial charge on any atom is 0.247 e. The van der Waals surface area contributed by atoms with Crippen LogP contribution in [0.25, 0.3) is 0 Å². The Balaban J connectivity index is 1.57. The van der Waals surface area contributed by atoms with Gasteiger partial charge < -0.3 is 5.32 Å². The molecule has 0 aliphatic carbocycles. The van der Waals surface area contributed by atoms with Crippen molar-refractivity contribution in [3.63, 3.8) is 0 Å². The van der Waals surface area contributed by atoms with Gasteiger partial charge in [0.25, 0.3) is 0 Å². The molecule has 0 fully saturated rings. The van der Waals surface area contributed by atoms with Gasteiger partial charge in [-0.15, -0.1) is 5.10 Å². The second kappa shape index (κ2) is 7.88. The lowest BCUT2D eigenvalue weighted by Gasteiger charge is -2.29. The standard InChI is InChI=1S/C18H19ClN6O4S2/c1-12-2-4-13(5-3-12)8-24-9-14(22-23-24)10-25-11-21-16-6-15(19)17(30(20,26)27)7-18(16)31(25,28)29/h2-7,9,21H,8,10-11H2,1H3,(H2,20,26,27). The molecule has 2 heterocycles. The summed E-state index contributed by atoms with van der Waals surface area (Å²) in [6.07, 6.45) is 1.67. The molecule has 1 aliphatic heterocycles. The highest BCUT2D eigenvalue weighted by atomic mass is 35.5. The number of nitrogens with zero attached hydrogens (tertiary/aromatic N) is 4. The Kier molecular flexibility index (Phi) is 5.52. The molecule has 164 valence electrons. The number of hydrogen-bond acceptors (Lipinski definition) is 7. The number of aromatic nitrogens is 3. The van der Waals surface area contributed by atoms with Crippen LogP contribution in [0.1, 0.15) is 16.8 Å². The molecule has 1 aromatic heterocycles. The van der Waals surface area contributed by atoms with Crippen LogP contribution in [0.3, 0.4) is 0 Å². The molecule has 0 radical (unpaired) electrons. The van der Waals surface area contributed by atoms with E-state index >= 15 is 0 Å². The molecule has 10 nitrogen and oxygen atoms in total. The molecule has 0 spiro atoms. The van der Waals surface area contributed by atoms with Gasteiger partial charge in [0.1, 0.15) is 9.79 Å². The third kappa shape index (κ3) is 4.43. The number of benzene rings is 2. The first-order valence-corrected chi connectivity index (χ1v) is 12.5. The second-order valence-electron chi connectivity index (χ2n) is 7.17. The number of nitrogens with two attached hydrogens (primary N) is 1. The summed E-state index contributed by atoms with van der Waals surface area (Å²) in [5.74, 6) is 0. The van der Waals surface area contributed by atoms with Gasteiger partial charge in [-0.25, -0.2) is 26.7 Å². The number of fused-ring (bicyclic) bond motifs is 1. The largest absolute Gasteiger partial charge is 0.370 e. The van der Waals surface area contributed by atoms with Crippen LogP contribution >= 0.6 is 11.6 Å². The van der Waals surface area contributed by atoms with Crippen molar-refractivity contribution in [1.82, 2.24) is 19.3 Å². The fourth-order valence-corrected chi connectivity index (χ4v) is 5.86. The normalized spacial score (nSPS) is 16.0. The minimum Gasteiger partial charge on any atom is -0.370 e. The minimum atomic E-state index is -4.19. The fraction of sp³-hybridized carbons (Fsp3) is 0.222. The smallest absolute Gasteiger partial charge is 0.247 e. The number of primary sulfonamides is 1. The zero-order chi connectivity index (χ0) is 22.4. The third-order valence-electron chi connectivity index (χ3n) is 4.79. The predicted molar refractivity (Wildman–Crippen MR) is 114 cm³/mol. The maximum atomic E-state index is 13.1. The Morgan fingerprint density at radius 3 is 2.58 bits per heavy atom. The van der Waals surface area contributed by atoms with E-state index < -0.39 is 24.9 Å². The molecule has 13 heteroatoms. The number of aryl methyl sites for hydroxylation is 1. The van der Waals surface area contributed by atoms with Gasteiger partial charge in [0, 0.05) is 0 Å². The van der Waals surface area contributed by atoms with Crippen LogP contribution in [-0.2, 0) is 33.1 Å². The molecular formula is C18H19ClN6O4S2. The molecule has 3 aromatic rings. The molecule has 4 rings (SSSR count). The molecule has 0 bridgehead atoms. The van der Waals surface area contributed by atoms with Crippen molar-refractivity contribution in [3.8, 4) is 0 Å². The van der Waals surface area contributed by atoms with E-state index in [9.17, 15) is 16.8 Å². The summed E-state index contributed by atoms with van der Waals surface area (Å²) in [7, 11) is -8.21. The Hall–Kier alpha value is -2.51. The number of anilines is 1. The summed E-state index contributed by atoms with van der Waals surface area (Å²) in [4.78, 5) is -0.677. The molecule has 2 aromatic carbocycles. The molecule has 31 heavy (non-hydrogen) atoms. The highest BCUT2D eigenvalue weighted by Gasteiger charge is 2.34. The molecule has 0 atom stereocenters. The molecule has 0 amide bonds. The van der Waals surface area contributed by atoms with E-state index in [0.717, 1.165) is 21.5 Å². The van der Waals surface area contributed by atoms with Crippen LogP contribution < -0.4 is 10.5 Å². The van der Waals surface area contributed by atoms with Gasteiger partial charge in [0.05, 0.1) is 42.4 Å². The van der Waals surface area contributed by atoms with Crippen molar-refractivity contribution < 1.29 is 16.8 Å². The van der Waals surface area contributed by atoms with E-state index in [1.165, 1.54) is 6.07 Å². The SMILES string of the molecule is Cc1ccc(Cn2cc(CN3CNc4cc(Cl)c(S(N)(=O)=O)cc4S3(=O)=O)nn2)cc1. The molecule has 0 saturated heterocycles. The summed E-state index contributed by atoms with van der Waals surface area (Å²) in [5, 5.41) is 16.0. The van der Waals surface area contributed by atoms with E-state index in [1.807, 2.05) is 31.2 Å². The highest BCUT2D eigenvalue weighted by molar-refractivity contribution is 7.90. The summed E-state index contributed by atoms with van der Waals surface area (Å²) in [6.45, 7) is 2.42. The van der Waals surface area contributed by atoms with Gasteiger partial charge in [-0.2, -0.15) is 4.31 Å². The lowest BCUT2D eigenvalue weighted by molar-refractivity contribution is 0.416. The zero-order valence-corrected chi connectivity index (χ0v) is 18.7. The summed E-state index contributed by atoms with van der Waals surface area (Å²) in [5.41, 5.74) is 2.84. The van der Waals surface area contributed by atoms with E-state index in [4.69, 9.17) is 16.7 Å². The van der Waals surface area contributed by atoms with E-state index in [1.54, 1.807) is 10.9 Å². The molecular weight excluding hydrogens is 464 g/mol. The number of hydrogen-bond donors (Lipinski definition) is 2. The monoisotopic (exact) mass is 482 g/mol. The van der Waals surface area contributed by atoms with Crippen molar-refractivity contribution in [2.24, 2.45) is 5.14 Å². The van der Waals surface area contributed by atoms with Crippen molar-refractivity contribution in [2.75, 3.05) is 12.0 Å². The van der Waals surface area contributed by atoms with Crippen molar-refractivity contribution in [2.45, 2.75) is 29.8 Å². The first kappa shape index (κ1) is 21.7. The van der Waals surface area contributed by atoms with Gasteiger partial charge >= 0.3 is 0 Å². The average molecular weight is 483 g/mol. The van der Waals surface area contributed by atoms with Gasteiger partial charge in [-0.05, 0) is 24.6 Å². The van der Waals surface area contributed by atoms with E-state index in [0.29, 0.717) is 12.2 Å². The lowest BCUT2D eigenvalue weighted by Crippen LogP contribution is -2.39. The number of rotatable bonds is 5. The van der Waals surface area contributed by atoms with Crippen LogP contribution in [0.2, 0.25) is 5.02 Å². The number of nitrogens with one attached hydrogen (secondary N) is 1. The zero-order valence-electron chi connectivity index (χ0n) is 16.4. The summed E-state index contributed by atoms with van der Waals surface area (Å²) >= 11 is 5.95. The molecule has 3 N–H and O–H groups in total. The minimum absolute atomic E-state index is 0.0365. The second-order valence-corrected chi connectivity index (χ2v) is 11.0. The summed E-state index contributed by atoms with van der Waals surface area (Å²) < 4.78 is 52.4. The van der Waals surface area contributed by atoms with E-state index in [-0.39, 0.29) is 28.8 Å². The average Bonchev–Trinajstić information content (AvgIpc) is 3.11. The molecule has 0 unspecified atom stereocenters. The molecule has 1 aliphatic rings. The van der Waals surface area contributed by atoms with Crippen LogP contribution in [0.4, 0.5) is 5.69 Å². The van der Waals surface area contributed by atoms with Gasteiger partial charge in [0.15, 0.2) is 0 Å². The fourth-order valence-electron chi connectivity index (χ4n) is 3.19. The Bertz CT molecular complexity index is 1350. The van der Waals surface area contributed by atoms with Crippen LogP contribution in [0, 0.1) is 6.92 Å². The topological polar surface area (TPSA) is 140 Å². The first-order chi connectivity index (χ1) is 14.5. The van der Waals surface area contributed by atoms with Crippen molar-refractivity contribution in [3.05, 3.63) is 64.4 Å². The Morgan fingerprint density at radius 1 is 1.19 bits per heavy atom. The maximum absolute atomic E-state index is 13.1. The lowest BCUT2D eigenvalue weighted by atomic mass is 10.1. The van der Waals surface area contributed by atoms with Gasteiger partial charge in [-0.3, -0.25) is 0 Å². The molecule has 0 saturated carbocycles. The predicted octanol–water partition coefficient (Wildman–Crippen LogP) is 1.51.